The summed E-state index contributed by atoms with van der Waals surface area (Å²) in [6.07, 6.45) is 8.84. The minimum absolute atomic E-state index is 0.468. The third-order valence-corrected chi connectivity index (χ3v) is 5.70. The van der Waals surface area contributed by atoms with Gasteiger partial charge in [-0.05, 0) is 64.0 Å². The van der Waals surface area contributed by atoms with Crippen molar-refractivity contribution in [1.82, 2.24) is 10.2 Å². The van der Waals surface area contributed by atoms with Crippen LogP contribution in [0, 0.1) is 5.92 Å². The van der Waals surface area contributed by atoms with Crippen LogP contribution < -0.4 is 5.32 Å². The number of rotatable bonds is 5. The van der Waals surface area contributed by atoms with Gasteiger partial charge in [0.15, 0.2) is 0 Å². The Morgan fingerprint density at radius 2 is 1.95 bits per heavy atom. The summed E-state index contributed by atoms with van der Waals surface area (Å²) in [6.45, 7) is 4.62. The van der Waals surface area contributed by atoms with Gasteiger partial charge in [0.1, 0.15) is 5.54 Å². The van der Waals surface area contributed by atoms with Gasteiger partial charge in [-0.15, -0.1) is 0 Å². The summed E-state index contributed by atoms with van der Waals surface area (Å²) in [5.41, 5.74) is -0.632. The molecule has 1 heterocycles. The van der Waals surface area contributed by atoms with Crippen molar-refractivity contribution in [2.75, 3.05) is 13.1 Å². The number of nitrogens with zero attached hydrogens (tertiary/aromatic N) is 1. The van der Waals surface area contributed by atoms with Crippen LogP contribution in [0.25, 0.3) is 0 Å². The van der Waals surface area contributed by atoms with Gasteiger partial charge in [0, 0.05) is 12.1 Å². The van der Waals surface area contributed by atoms with E-state index in [0.717, 1.165) is 38.0 Å². The molecule has 0 aromatic carbocycles. The summed E-state index contributed by atoms with van der Waals surface area (Å²) in [6, 6.07) is 0.950. The van der Waals surface area contributed by atoms with E-state index in [-0.39, 0.29) is 0 Å². The number of piperidine rings is 1. The molecular weight excluding hydrogens is 252 g/mol. The van der Waals surface area contributed by atoms with E-state index in [1.165, 1.54) is 32.4 Å². The molecule has 0 spiro atoms. The zero-order chi connectivity index (χ0) is 14.2. The first-order valence-electron chi connectivity index (χ1n) is 8.38. The molecule has 4 heteroatoms. The second-order valence-electron chi connectivity index (χ2n) is 7.09. The Balaban J connectivity index is 1.58. The zero-order valence-corrected chi connectivity index (χ0v) is 12.6. The first-order valence-corrected chi connectivity index (χ1v) is 8.38. The number of carboxylic acids is 1. The van der Waals surface area contributed by atoms with E-state index in [2.05, 4.69) is 17.1 Å². The summed E-state index contributed by atoms with van der Waals surface area (Å²) in [5, 5.41) is 13.1. The molecule has 2 aliphatic carbocycles. The van der Waals surface area contributed by atoms with Crippen molar-refractivity contribution in [1.29, 1.82) is 0 Å². The maximum absolute atomic E-state index is 11.7. The molecule has 0 radical (unpaired) electrons. The van der Waals surface area contributed by atoms with E-state index < -0.39 is 11.5 Å². The molecule has 1 saturated heterocycles. The fourth-order valence-corrected chi connectivity index (χ4v) is 4.06. The Bertz CT molecular complexity index is 361. The highest BCUT2D eigenvalue weighted by molar-refractivity contribution is 5.79. The van der Waals surface area contributed by atoms with Gasteiger partial charge in [0.05, 0.1) is 0 Å². The molecule has 3 fully saturated rings. The van der Waals surface area contributed by atoms with Crippen LogP contribution >= 0.6 is 0 Å². The Morgan fingerprint density at radius 3 is 2.50 bits per heavy atom. The molecule has 1 aliphatic heterocycles. The normalized spacial score (nSPS) is 36.4. The van der Waals surface area contributed by atoms with Crippen LogP contribution in [0.2, 0.25) is 0 Å². The first kappa shape index (κ1) is 14.3. The fraction of sp³-hybridized carbons (Fsp3) is 0.938. The minimum Gasteiger partial charge on any atom is -0.480 e. The fourth-order valence-electron chi connectivity index (χ4n) is 4.06. The van der Waals surface area contributed by atoms with Crippen LogP contribution in [0.15, 0.2) is 0 Å². The van der Waals surface area contributed by atoms with Crippen molar-refractivity contribution < 1.29 is 9.90 Å². The molecule has 4 nitrogen and oxygen atoms in total. The largest absolute Gasteiger partial charge is 0.480 e. The standard InChI is InChI=1S/C16H28N2O2/c1-2-12-6-9-18(10-7-12)14-5-8-16(11-14,15(19)20)17-13-3-4-13/h12-14,17H,2-11H2,1H3,(H,19,20). The predicted molar refractivity (Wildman–Crippen MR) is 78.8 cm³/mol. The van der Waals surface area contributed by atoms with Gasteiger partial charge in [0.2, 0.25) is 0 Å². The van der Waals surface area contributed by atoms with Crippen molar-refractivity contribution >= 4 is 5.97 Å². The molecule has 2 unspecified atom stereocenters. The highest BCUT2D eigenvalue weighted by atomic mass is 16.4. The van der Waals surface area contributed by atoms with Crippen LogP contribution in [-0.2, 0) is 4.79 Å². The second-order valence-corrected chi connectivity index (χ2v) is 7.09. The van der Waals surface area contributed by atoms with Gasteiger partial charge < -0.3 is 10.0 Å². The van der Waals surface area contributed by atoms with E-state index in [1.54, 1.807) is 0 Å². The lowest BCUT2D eigenvalue weighted by Crippen LogP contribution is -2.52. The highest BCUT2D eigenvalue weighted by Gasteiger charge is 2.49. The molecular formula is C16H28N2O2. The Hall–Kier alpha value is -0.610. The second kappa shape index (κ2) is 5.64. The molecule has 0 aromatic rings. The number of nitrogens with one attached hydrogen (secondary N) is 1. The van der Waals surface area contributed by atoms with Crippen LogP contribution in [0.4, 0.5) is 0 Å². The number of carbonyl (C=O) groups is 1. The Kier molecular flexibility index (Phi) is 4.04. The van der Waals surface area contributed by atoms with Gasteiger partial charge in [-0.3, -0.25) is 10.1 Å². The average molecular weight is 280 g/mol. The monoisotopic (exact) mass is 280 g/mol. The predicted octanol–water partition coefficient (Wildman–Crippen LogP) is 2.24. The van der Waals surface area contributed by atoms with Gasteiger partial charge in [0.25, 0.3) is 0 Å². The van der Waals surface area contributed by atoms with Crippen molar-refractivity contribution in [2.24, 2.45) is 5.92 Å². The van der Waals surface area contributed by atoms with Gasteiger partial charge in [-0.2, -0.15) is 0 Å². The van der Waals surface area contributed by atoms with Crippen molar-refractivity contribution in [2.45, 2.75) is 75.9 Å². The summed E-state index contributed by atoms with van der Waals surface area (Å²) in [7, 11) is 0. The zero-order valence-electron chi connectivity index (χ0n) is 12.6. The lowest BCUT2D eigenvalue weighted by molar-refractivity contribution is -0.145. The Morgan fingerprint density at radius 1 is 1.25 bits per heavy atom. The summed E-state index contributed by atoms with van der Waals surface area (Å²) >= 11 is 0. The maximum Gasteiger partial charge on any atom is 0.323 e. The molecule has 2 saturated carbocycles. The summed E-state index contributed by atoms with van der Waals surface area (Å²) in [4.78, 5) is 14.3. The van der Waals surface area contributed by atoms with E-state index in [4.69, 9.17) is 0 Å². The average Bonchev–Trinajstić information content (AvgIpc) is 3.15. The quantitative estimate of drug-likeness (QED) is 0.811. The van der Waals surface area contributed by atoms with Crippen molar-refractivity contribution in [3.8, 4) is 0 Å². The van der Waals surface area contributed by atoms with Crippen LogP contribution in [0.3, 0.4) is 0 Å². The highest BCUT2D eigenvalue weighted by Crippen LogP contribution is 2.38. The third-order valence-electron chi connectivity index (χ3n) is 5.70. The molecule has 0 bridgehead atoms. The summed E-state index contributed by atoms with van der Waals surface area (Å²) in [5.74, 6) is 0.261. The van der Waals surface area contributed by atoms with E-state index in [0.29, 0.717) is 12.1 Å². The van der Waals surface area contributed by atoms with Gasteiger partial charge >= 0.3 is 5.97 Å². The molecule has 114 valence electrons. The van der Waals surface area contributed by atoms with Gasteiger partial charge in [-0.1, -0.05) is 13.3 Å². The molecule has 20 heavy (non-hydrogen) atoms. The van der Waals surface area contributed by atoms with Crippen LogP contribution in [-0.4, -0.2) is 46.7 Å². The number of carboxylic acid groups (broad SMARTS) is 1. The molecule has 0 aromatic heterocycles. The molecule has 2 atom stereocenters. The Labute approximate surface area is 121 Å². The molecule has 0 amide bonds. The molecule has 2 N–H and O–H groups in total. The lowest BCUT2D eigenvalue weighted by Gasteiger charge is -2.36. The van der Waals surface area contributed by atoms with Crippen LogP contribution in [0.1, 0.15) is 58.3 Å². The molecule has 3 aliphatic rings. The number of hydrogen-bond donors (Lipinski definition) is 2. The number of hydrogen-bond acceptors (Lipinski definition) is 3. The number of likely N-dealkylation sites (tertiary alicyclic amines) is 1. The first-order chi connectivity index (χ1) is 9.63. The van der Waals surface area contributed by atoms with Gasteiger partial charge in [-0.25, -0.2) is 0 Å². The topological polar surface area (TPSA) is 52.6 Å². The van der Waals surface area contributed by atoms with Crippen molar-refractivity contribution in [3.63, 3.8) is 0 Å². The van der Waals surface area contributed by atoms with E-state index in [9.17, 15) is 9.90 Å². The lowest BCUT2D eigenvalue weighted by atomic mass is 9.92. The number of aliphatic carboxylic acids is 1. The van der Waals surface area contributed by atoms with E-state index >= 15 is 0 Å². The van der Waals surface area contributed by atoms with Crippen molar-refractivity contribution in [3.05, 3.63) is 0 Å². The summed E-state index contributed by atoms with van der Waals surface area (Å²) < 4.78 is 0. The van der Waals surface area contributed by atoms with E-state index in [1.807, 2.05) is 0 Å². The minimum atomic E-state index is -0.632. The maximum atomic E-state index is 11.7. The third kappa shape index (κ3) is 2.86. The smallest absolute Gasteiger partial charge is 0.323 e. The molecule has 3 rings (SSSR count). The van der Waals surface area contributed by atoms with Crippen LogP contribution in [0.5, 0.6) is 0 Å². The SMILES string of the molecule is CCC1CCN(C2CCC(NC3CC3)(C(=O)O)C2)CC1.